The molecule has 23 heavy (non-hydrogen) atoms. The number of furan rings is 1. The maximum Gasteiger partial charge on any atom is 0.333 e. The van der Waals surface area contributed by atoms with Gasteiger partial charge in [0.2, 0.25) is 0 Å². The highest BCUT2D eigenvalue weighted by atomic mass is 16.3. The summed E-state index contributed by atoms with van der Waals surface area (Å²) in [5.74, 6) is 0.0873. The first-order valence-corrected chi connectivity index (χ1v) is 7.51. The van der Waals surface area contributed by atoms with E-state index < -0.39 is 11.9 Å². The molecule has 3 N–H and O–H groups in total. The number of carbonyl (C=O) groups is 2. The predicted octanol–water partition coefficient (Wildman–Crippen LogP) is 2.55. The van der Waals surface area contributed by atoms with Crippen LogP contribution in [0.3, 0.4) is 0 Å². The maximum atomic E-state index is 11.8. The van der Waals surface area contributed by atoms with Crippen molar-refractivity contribution in [2.75, 3.05) is 0 Å². The van der Waals surface area contributed by atoms with E-state index in [4.69, 9.17) is 4.42 Å². The highest BCUT2D eigenvalue weighted by Gasteiger charge is 2.13. The summed E-state index contributed by atoms with van der Waals surface area (Å²) in [6.45, 7) is 3.60. The Bertz CT molecular complexity index is 652. The minimum Gasteiger partial charge on any atom is -0.469 e. The van der Waals surface area contributed by atoms with Crippen molar-refractivity contribution in [3.05, 3.63) is 59.5 Å². The lowest BCUT2D eigenvalue weighted by atomic mass is 10.1. The number of hydrazine groups is 1. The third kappa shape index (κ3) is 5.18. The minimum atomic E-state index is -0.444. The van der Waals surface area contributed by atoms with Gasteiger partial charge in [-0.15, -0.1) is 0 Å². The van der Waals surface area contributed by atoms with Crippen molar-refractivity contribution in [3.63, 3.8) is 0 Å². The topological polar surface area (TPSA) is 83.4 Å². The number of aryl methyl sites for hydroxylation is 2. The van der Waals surface area contributed by atoms with Crippen LogP contribution in [-0.2, 0) is 6.42 Å². The highest BCUT2D eigenvalue weighted by Crippen LogP contribution is 2.07. The molecule has 1 unspecified atom stereocenters. The number of hydrogen-bond donors (Lipinski definition) is 3. The third-order valence-electron chi connectivity index (χ3n) is 3.48. The first kappa shape index (κ1) is 16.6. The molecule has 0 saturated carbocycles. The van der Waals surface area contributed by atoms with Gasteiger partial charge in [0.15, 0.2) is 0 Å². The quantitative estimate of drug-likeness (QED) is 0.741. The Morgan fingerprint density at radius 1 is 1.13 bits per heavy atom. The van der Waals surface area contributed by atoms with E-state index in [1.165, 1.54) is 11.8 Å². The second-order valence-electron chi connectivity index (χ2n) is 5.37. The van der Waals surface area contributed by atoms with Gasteiger partial charge in [-0.05, 0) is 38.3 Å². The molecule has 0 aliphatic carbocycles. The molecule has 0 aliphatic heterocycles. The standard InChI is InChI=1S/C17H21N3O3/c1-12(8-9-14-6-4-3-5-7-14)18-17(22)20-19-16(21)15-10-11-23-13(15)2/h3-7,10-12H,8-9H2,1-2H3,(H,19,21)(H2,18,20,22). The minimum absolute atomic E-state index is 0.0113. The number of hydrogen-bond acceptors (Lipinski definition) is 3. The molecule has 2 rings (SSSR count). The van der Waals surface area contributed by atoms with E-state index in [0.29, 0.717) is 11.3 Å². The normalized spacial score (nSPS) is 11.6. The molecule has 1 aromatic heterocycles. The van der Waals surface area contributed by atoms with Crippen LogP contribution in [0.25, 0.3) is 0 Å². The van der Waals surface area contributed by atoms with Gasteiger partial charge in [0.05, 0.1) is 11.8 Å². The number of rotatable bonds is 5. The lowest BCUT2D eigenvalue weighted by Crippen LogP contribution is -2.49. The third-order valence-corrected chi connectivity index (χ3v) is 3.48. The van der Waals surface area contributed by atoms with Gasteiger partial charge < -0.3 is 9.73 Å². The Hall–Kier alpha value is -2.76. The number of nitrogens with one attached hydrogen (secondary N) is 3. The van der Waals surface area contributed by atoms with E-state index in [0.717, 1.165) is 12.8 Å². The van der Waals surface area contributed by atoms with E-state index in [1.54, 1.807) is 13.0 Å². The van der Waals surface area contributed by atoms with Crippen LogP contribution >= 0.6 is 0 Å². The van der Waals surface area contributed by atoms with Gasteiger partial charge in [-0.3, -0.25) is 10.2 Å². The lowest BCUT2D eigenvalue weighted by Gasteiger charge is -2.15. The zero-order valence-electron chi connectivity index (χ0n) is 13.3. The Balaban J connectivity index is 1.70. The van der Waals surface area contributed by atoms with Crippen LogP contribution in [0.4, 0.5) is 4.79 Å². The van der Waals surface area contributed by atoms with Gasteiger partial charge in [-0.2, -0.15) is 0 Å². The van der Waals surface area contributed by atoms with Crippen LogP contribution in [-0.4, -0.2) is 18.0 Å². The first-order valence-electron chi connectivity index (χ1n) is 7.51. The first-order chi connectivity index (χ1) is 11.1. The van der Waals surface area contributed by atoms with Crippen LogP contribution in [0.1, 0.15) is 35.0 Å². The number of amides is 3. The molecule has 6 heteroatoms. The van der Waals surface area contributed by atoms with Crippen molar-refractivity contribution in [2.45, 2.75) is 32.7 Å². The second kappa shape index (κ2) is 8.03. The molecule has 0 aliphatic rings. The van der Waals surface area contributed by atoms with Crippen molar-refractivity contribution in [2.24, 2.45) is 0 Å². The largest absolute Gasteiger partial charge is 0.469 e. The van der Waals surface area contributed by atoms with Gasteiger partial charge in [-0.25, -0.2) is 10.2 Å². The van der Waals surface area contributed by atoms with Crippen LogP contribution in [0, 0.1) is 6.92 Å². The molecule has 1 heterocycles. The highest BCUT2D eigenvalue weighted by molar-refractivity contribution is 5.96. The van der Waals surface area contributed by atoms with Crippen LogP contribution in [0.15, 0.2) is 47.1 Å². The molecular formula is C17H21N3O3. The van der Waals surface area contributed by atoms with E-state index in [-0.39, 0.29) is 6.04 Å². The molecule has 0 saturated heterocycles. The summed E-state index contributed by atoms with van der Waals surface area (Å²) in [6.07, 6.45) is 3.12. The molecule has 1 aromatic carbocycles. The Morgan fingerprint density at radius 2 is 1.87 bits per heavy atom. The van der Waals surface area contributed by atoms with Crippen LogP contribution in [0.5, 0.6) is 0 Å². The molecule has 0 bridgehead atoms. The smallest absolute Gasteiger partial charge is 0.333 e. The van der Waals surface area contributed by atoms with Gasteiger partial charge in [0.25, 0.3) is 5.91 Å². The molecule has 0 radical (unpaired) electrons. The van der Waals surface area contributed by atoms with Crippen molar-refractivity contribution in [1.82, 2.24) is 16.2 Å². The number of benzene rings is 1. The van der Waals surface area contributed by atoms with Crippen molar-refractivity contribution < 1.29 is 14.0 Å². The number of carbonyl (C=O) groups excluding carboxylic acids is 2. The Labute approximate surface area is 135 Å². The summed E-state index contributed by atoms with van der Waals surface area (Å²) >= 11 is 0. The fourth-order valence-electron chi connectivity index (χ4n) is 2.16. The summed E-state index contributed by atoms with van der Waals surface area (Å²) in [5.41, 5.74) is 6.30. The molecule has 6 nitrogen and oxygen atoms in total. The fraction of sp³-hybridized carbons (Fsp3) is 0.294. The summed E-state index contributed by atoms with van der Waals surface area (Å²) in [6, 6.07) is 11.2. The lowest BCUT2D eigenvalue weighted by molar-refractivity contribution is 0.0934. The van der Waals surface area contributed by atoms with Crippen molar-refractivity contribution in [1.29, 1.82) is 0 Å². The van der Waals surface area contributed by atoms with E-state index >= 15 is 0 Å². The van der Waals surface area contributed by atoms with Gasteiger partial charge in [0, 0.05) is 6.04 Å². The van der Waals surface area contributed by atoms with Crippen molar-refractivity contribution >= 4 is 11.9 Å². The Kier molecular flexibility index (Phi) is 5.80. The average molecular weight is 315 g/mol. The second-order valence-corrected chi connectivity index (χ2v) is 5.37. The number of urea groups is 1. The van der Waals surface area contributed by atoms with Gasteiger partial charge >= 0.3 is 6.03 Å². The van der Waals surface area contributed by atoms with Crippen LogP contribution in [0.2, 0.25) is 0 Å². The molecule has 0 spiro atoms. The molecular weight excluding hydrogens is 294 g/mol. The van der Waals surface area contributed by atoms with E-state index in [9.17, 15) is 9.59 Å². The summed E-state index contributed by atoms with van der Waals surface area (Å²) in [7, 11) is 0. The summed E-state index contributed by atoms with van der Waals surface area (Å²) in [5, 5.41) is 2.78. The fourth-order valence-corrected chi connectivity index (χ4v) is 2.16. The molecule has 122 valence electrons. The predicted molar refractivity (Wildman–Crippen MR) is 86.8 cm³/mol. The maximum absolute atomic E-state index is 11.8. The monoisotopic (exact) mass is 315 g/mol. The molecule has 2 aromatic rings. The van der Waals surface area contributed by atoms with Crippen molar-refractivity contribution in [3.8, 4) is 0 Å². The summed E-state index contributed by atoms with van der Waals surface area (Å²) in [4.78, 5) is 23.6. The average Bonchev–Trinajstić information content (AvgIpc) is 2.98. The van der Waals surface area contributed by atoms with E-state index in [1.807, 2.05) is 25.1 Å². The molecule has 0 fully saturated rings. The zero-order valence-corrected chi connectivity index (χ0v) is 13.3. The zero-order chi connectivity index (χ0) is 16.7. The molecule has 1 atom stereocenters. The SMILES string of the molecule is Cc1occc1C(=O)NNC(=O)NC(C)CCc1ccccc1. The van der Waals surface area contributed by atoms with Crippen LogP contribution < -0.4 is 16.2 Å². The Morgan fingerprint density at radius 3 is 2.52 bits per heavy atom. The molecule has 3 amide bonds. The van der Waals surface area contributed by atoms with Gasteiger partial charge in [0.1, 0.15) is 5.76 Å². The van der Waals surface area contributed by atoms with Gasteiger partial charge in [-0.1, -0.05) is 30.3 Å². The van der Waals surface area contributed by atoms with E-state index in [2.05, 4.69) is 28.3 Å². The summed E-state index contributed by atoms with van der Waals surface area (Å²) < 4.78 is 5.04.